The minimum atomic E-state index is -0.180. The molecular formula is C14H19NO2. The number of benzene rings is 1. The summed E-state index contributed by atoms with van der Waals surface area (Å²) in [5, 5.41) is 9.00. The molecule has 1 aliphatic carbocycles. The van der Waals surface area contributed by atoms with Gasteiger partial charge in [0.15, 0.2) is 0 Å². The fraction of sp³-hybridized carbons (Fsp3) is 0.500. The summed E-state index contributed by atoms with van der Waals surface area (Å²) in [6.45, 7) is 0.0597. The monoisotopic (exact) mass is 233 g/mol. The summed E-state index contributed by atoms with van der Waals surface area (Å²) in [5.41, 5.74) is 7.55. The van der Waals surface area contributed by atoms with Crippen LogP contribution in [0, 0.1) is 5.92 Å². The van der Waals surface area contributed by atoms with Gasteiger partial charge in [0.1, 0.15) is 0 Å². The van der Waals surface area contributed by atoms with Gasteiger partial charge in [0, 0.05) is 5.92 Å². The van der Waals surface area contributed by atoms with E-state index in [1.165, 1.54) is 5.56 Å². The molecule has 2 atom stereocenters. The lowest BCUT2D eigenvalue weighted by Gasteiger charge is -2.29. The molecule has 3 heteroatoms. The first-order valence-corrected chi connectivity index (χ1v) is 6.21. The molecule has 0 radical (unpaired) electrons. The highest BCUT2D eigenvalue weighted by Crippen LogP contribution is 2.37. The Morgan fingerprint density at radius 1 is 1.24 bits per heavy atom. The second kappa shape index (κ2) is 5.32. The molecule has 1 aliphatic rings. The molecule has 3 nitrogen and oxygen atoms in total. The predicted octanol–water partition coefficient (Wildman–Crippen LogP) is 1.94. The average Bonchev–Trinajstić information content (AvgIpc) is 2.39. The second-order valence-electron chi connectivity index (χ2n) is 4.80. The Labute approximate surface area is 102 Å². The molecule has 0 bridgehead atoms. The van der Waals surface area contributed by atoms with E-state index in [-0.39, 0.29) is 24.3 Å². The summed E-state index contributed by atoms with van der Waals surface area (Å²) in [7, 11) is 0. The lowest BCUT2D eigenvalue weighted by Crippen LogP contribution is -2.31. The summed E-state index contributed by atoms with van der Waals surface area (Å²) in [4.78, 5) is 11.4. The van der Waals surface area contributed by atoms with Crippen LogP contribution >= 0.6 is 0 Å². The molecule has 2 rings (SSSR count). The Morgan fingerprint density at radius 2 is 1.88 bits per heavy atom. The number of rotatable bonds is 3. The zero-order chi connectivity index (χ0) is 12.3. The van der Waals surface area contributed by atoms with E-state index in [0.717, 1.165) is 31.2 Å². The maximum Gasteiger partial charge on any atom is 0.221 e. The fourth-order valence-corrected chi connectivity index (χ4v) is 2.74. The number of carbonyl (C=O) groups excluding carboxylic acids is 1. The highest BCUT2D eigenvalue weighted by atomic mass is 16.3. The van der Waals surface area contributed by atoms with Gasteiger partial charge < -0.3 is 10.8 Å². The first-order valence-electron chi connectivity index (χ1n) is 6.21. The minimum Gasteiger partial charge on any atom is -0.392 e. The molecule has 0 spiro atoms. The van der Waals surface area contributed by atoms with Gasteiger partial charge in [-0.15, -0.1) is 0 Å². The van der Waals surface area contributed by atoms with Crippen molar-refractivity contribution < 1.29 is 9.90 Å². The Hall–Kier alpha value is -1.35. The standard InChI is InChI=1S/C14H19NO2/c15-14(17)13-4-2-1-3-12(13)11-7-5-10(9-16)6-8-11/h5-8,12-13,16H,1-4,9H2,(H2,15,17). The molecule has 0 heterocycles. The second-order valence-corrected chi connectivity index (χ2v) is 4.80. The lowest BCUT2D eigenvalue weighted by molar-refractivity contribution is -0.123. The van der Waals surface area contributed by atoms with Gasteiger partial charge in [0.25, 0.3) is 0 Å². The number of aliphatic hydroxyl groups excluding tert-OH is 1. The highest BCUT2D eigenvalue weighted by Gasteiger charge is 2.30. The number of hydrogen-bond donors (Lipinski definition) is 2. The van der Waals surface area contributed by atoms with Gasteiger partial charge in [-0.2, -0.15) is 0 Å². The molecule has 3 N–H and O–H groups in total. The van der Waals surface area contributed by atoms with E-state index in [1.807, 2.05) is 24.3 Å². The van der Waals surface area contributed by atoms with Gasteiger partial charge in [-0.05, 0) is 29.9 Å². The highest BCUT2D eigenvalue weighted by molar-refractivity contribution is 5.77. The summed E-state index contributed by atoms with van der Waals surface area (Å²) >= 11 is 0. The lowest BCUT2D eigenvalue weighted by atomic mass is 9.75. The quantitative estimate of drug-likeness (QED) is 0.838. The van der Waals surface area contributed by atoms with Crippen LogP contribution in [-0.2, 0) is 11.4 Å². The largest absolute Gasteiger partial charge is 0.392 e. The van der Waals surface area contributed by atoms with E-state index in [4.69, 9.17) is 10.8 Å². The van der Waals surface area contributed by atoms with Gasteiger partial charge >= 0.3 is 0 Å². The number of hydrogen-bond acceptors (Lipinski definition) is 2. The molecular weight excluding hydrogens is 214 g/mol. The zero-order valence-corrected chi connectivity index (χ0v) is 9.93. The van der Waals surface area contributed by atoms with Crippen LogP contribution < -0.4 is 5.73 Å². The van der Waals surface area contributed by atoms with Crippen LogP contribution in [0.3, 0.4) is 0 Å². The third kappa shape index (κ3) is 2.67. The first kappa shape index (κ1) is 12.1. The van der Waals surface area contributed by atoms with Crippen molar-refractivity contribution in [2.24, 2.45) is 11.7 Å². The third-order valence-corrected chi connectivity index (χ3v) is 3.72. The van der Waals surface area contributed by atoms with Crippen molar-refractivity contribution >= 4 is 5.91 Å². The molecule has 92 valence electrons. The molecule has 0 aliphatic heterocycles. The summed E-state index contributed by atoms with van der Waals surface area (Å²) in [5.74, 6) is 0.0543. The van der Waals surface area contributed by atoms with Crippen LogP contribution in [0.15, 0.2) is 24.3 Å². The van der Waals surface area contributed by atoms with Gasteiger partial charge in [-0.3, -0.25) is 4.79 Å². The van der Waals surface area contributed by atoms with Crippen LogP contribution in [0.4, 0.5) is 0 Å². The summed E-state index contributed by atoms with van der Waals surface area (Å²) < 4.78 is 0. The van der Waals surface area contributed by atoms with Crippen molar-refractivity contribution in [3.8, 4) is 0 Å². The summed E-state index contributed by atoms with van der Waals surface area (Å²) in [6.07, 6.45) is 4.20. The number of carbonyl (C=O) groups is 1. The van der Waals surface area contributed by atoms with Gasteiger partial charge in [0.2, 0.25) is 5.91 Å². The molecule has 1 saturated carbocycles. The smallest absolute Gasteiger partial charge is 0.221 e. The van der Waals surface area contributed by atoms with Crippen LogP contribution in [0.2, 0.25) is 0 Å². The molecule has 1 aromatic rings. The third-order valence-electron chi connectivity index (χ3n) is 3.72. The molecule has 0 saturated heterocycles. The molecule has 2 unspecified atom stereocenters. The van der Waals surface area contributed by atoms with Crippen molar-refractivity contribution in [2.45, 2.75) is 38.2 Å². The van der Waals surface area contributed by atoms with Gasteiger partial charge in [-0.25, -0.2) is 0 Å². The normalized spacial score (nSPS) is 24.5. The van der Waals surface area contributed by atoms with E-state index in [2.05, 4.69) is 0 Å². The van der Waals surface area contributed by atoms with Gasteiger partial charge in [0.05, 0.1) is 6.61 Å². The summed E-state index contributed by atoms with van der Waals surface area (Å²) in [6, 6.07) is 7.86. The zero-order valence-electron chi connectivity index (χ0n) is 9.93. The average molecular weight is 233 g/mol. The van der Waals surface area contributed by atoms with Crippen molar-refractivity contribution in [2.75, 3.05) is 0 Å². The first-order chi connectivity index (χ1) is 8.22. The molecule has 1 fully saturated rings. The predicted molar refractivity (Wildman–Crippen MR) is 66.3 cm³/mol. The van der Waals surface area contributed by atoms with E-state index < -0.39 is 0 Å². The topological polar surface area (TPSA) is 63.3 Å². The Bertz CT molecular complexity index is 386. The minimum absolute atomic E-state index is 0.0243. The maximum absolute atomic E-state index is 11.4. The molecule has 17 heavy (non-hydrogen) atoms. The van der Waals surface area contributed by atoms with E-state index in [9.17, 15) is 4.79 Å². The van der Waals surface area contributed by atoms with E-state index in [1.54, 1.807) is 0 Å². The van der Waals surface area contributed by atoms with Crippen molar-refractivity contribution in [3.63, 3.8) is 0 Å². The van der Waals surface area contributed by atoms with Crippen molar-refractivity contribution in [3.05, 3.63) is 35.4 Å². The fourth-order valence-electron chi connectivity index (χ4n) is 2.74. The van der Waals surface area contributed by atoms with E-state index in [0.29, 0.717) is 0 Å². The number of nitrogens with two attached hydrogens (primary N) is 1. The van der Waals surface area contributed by atoms with Crippen LogP contribution in [0.5, 0.6) is 0 Å². The van der Waals surface area contributed by atoms with Crippen LogP contribution in [0.1, 0.15) is 42.7 Å². The van der Waals surface area contributed by atoms with Crippen molar-refractivity contribution in [1.29, 1.82) is 0 Å². The Kier molecular flexibility index (Phi) is 3.79. The SMILES string of the molecule is NC(=O)C1CCCCC1c1ccc(CO)cc1. The Morgan fingerprint density at radius 3 is 2.47 bits per heavy atom. The van der Waals surface area contributed by atoms with E-state index >= 15 is 0 Å². The van der Waals surface area contributed by atoms with Gasteiger partial charge in [-0.1, -0.05) is 37.1 Å². The molecule has 0 aromatic heterocycles. The number of primary amides is 1. The molecule has 1 aromatic carbocycles. The number of aliphatic hydroxyl groups is 1. The van der Waals surface area contributed by atoms with Crippen molar-refractivity contribution in [1.82, 2.24) is 0 Å². The van der Waals surface area contributed by atoms with Crippen LogP contribution in [0.25, 0.3) is 0 Å². The maximum atomic E-state index is 11.4. The van der Waals surface area contributed by atoms with Crippen LogP contribution in [-0.4, -0.2) is 11.0 Å². The Balaban J connectivity index is 2.20. The number of amides is 1. The molecule has 1 amide bonds.